The second-order valence-corrected chi connectivity index (χ2v) is 6.70. The Labute approximate surface area is 159 Å². The van der Waals surface area contributed by atoms with Crippen molar-refractivity contribution in [2.45, 2.75) is 33.1 Å². The maximum absolute atomic E-state index is 12.3. The van der Waals surface area contributed by atoms with E-state index < -0.39 is 0 Å². The van der Waals surface area contributed by atoms with E-state index in [0.717, 1.165) is 17.8 Å². The third-order valence-electron chi connectivity index (χ3n) is 4.37. The molecule has 0 fully saturated rings. The molecular formula is C22H24N4O. The van der Waals surface area contributed by atoms with Gasteiger partial charge < -0.3 is 10.6 Å². The lowest BCUT2D eigenvalue weighted by molar-refractivity contribution is 0.102. The normalized spacial score (nSPS) is 10.7. The molecule has 0 saturated carbocycles. The Morgan fingerprint density at radius 1 is 0.926 bits per heavy atom. The molecule has 1 amide bonds. The molecule has 27 heavy (non-hydrogen) atoms. The first-order chi connectivity index (χ1) is 13.0. The Balaban J connectivity index is 1.62. The number of nitrogens with one attached hydrogen (secondary N) is 2. The summed E-state index contributed by atoms with van der Waals surface area (Å²) in [6.07, 6.45) is 4.01. The van der Waals surface area contributed by atoms with E-state index in [1.807, 2.05) is 36.4 Å². The Bertz CT molecular complexity index is 885. The zero-order valence-electron chi connectivity index (χ0n) is 15.9. The van der Waals surface area contributed by atoms with Crippen LogP contribution in [0.5, 0.6) is 0 Å². The first-order valence-electron chi connectivity index (χ1n) is 9.14. The number of hydrogen-bond donors (Lipinski definition) is 2. The highest BCUT2D eigenvalue weighted by atomic mass is 16.1. The minimum absolute atomic E-state index is 0.230. The molecule has 0 spiro atoms. The average Bonchev–Trinajstić information content (AvgIpc) is 2.69. The van der Waals surface area contributed by atoms with Gasteiger partial charge in [-0.25, -0.2) is 9.97 Å². The summed E-state index contributed by atoms with van der Waals surface area (Å²) in [6, 6.07) is 16.0. The van der Waals surface area contributed by atoms with Crippen LogP contribution in [0, 0.1) is 0 Å². The maximum atomic E-state index is 12.3. The fourth-order valence-corrected chi connectivity index (χ4v) is 2.62. The van der Waals surface area contributed by atoms with Crippen LogP contribution in [0.4, 0.5) is 17.3 Å². The Morgan fingerprint density at radius 2 is 1.52 bits per heavy atom. The third-order valence-corrected chi connectivity index (χ3v) is 4.37. The number of carbonyl (C=O) groups excluding carboxylic acids is 1. The van der Waals surface area contributed by atoms with Crippen molar-refractivity contribution in [2.24, 2.45) is 0 Å². The van der Waals surface area contributed by atoms with E-state index >= 15 is 0 Å². The van der Waals surface area contributed by atoms with Crippen molar-refractivity contribution >= 4 is 23.2 Å². The molecule has 5 heteroatoms. The van der Waals surface area contributed by atoms with Gasteiger partial charge in [0.1, 0.15) is 0 Å². The second kappa shape index (κ2) is 8.45. The Kier molecular flexibility index (Phi) is 5.81. The molecule has 5 nitrogen and oxygen atoms in total. The summed E-state index contributed by atoms with van der Waals surface area (Å²) in [4.78, 5) is 20.8. The van der Waals surface area contributed by atoms with Crippen LogP contribution >= 0.6 is 0 Å². The average molecular weight is 360 g/mol. The van der Waals surface area contributed by atoms with Gasteiger partial charge in [-0.05, 0) is 47.7 Å². The van der Waals surface area contributed by atoms with Crippen LogP contribution in [0.15, 0.2) is 60.9 Å². The van der Waals surface area contributed by atoms with Gasteiger partial charge in [0.2, 0.25) is 5.95 Å². The van der Waals surface area contributed by atoms with Crippen LogP contribution in [-0.4, -0.2) is 15.9 Å². The quantitative estimate of drug-likeness (QED) is 0.637. The highest BCUT2D eigenvalue weighted by molar-refractivity contribution is 6.03. The zero-order chi connectivity index (χ0) is 19.2. The van der Waals surface area contributed by atoms with E-state index in [1.54, 1.807) is 0 Å². The van der Waals surface area contributed by atoms with Gasteiger partial charge in [0.15, 0.2) is 0 Å². The topological polar surface area (TPSA) is 66.9 Å². The second-order valence-electron chi connectivity index (χ2n) is 6.70. The molecule has 2 aromatic carbocycles. The fourth-order valence-electron chi connectivity index (χ4n) is 2.62. The molecule has 0 aliphatic rings. The van der Waals surface area contributed by atoms with Crippen LogP contribution in [0.3, 0.4) is 0 Å². The lowest BCUT2D eigenvalue weighted by atomic mass is 10.0. The number of aromatic nitrogens is 2. The summed E-state index contributed by atoms with van der Waals surface area (Å²) < 4.78 is 0. The maximum Gasteiger partial charge on any atom is 0.258 e. The largest absolute Gasteiger partial charge is 0.324 e. The molecule has 3 aromatic rings. The summed E-state index contributed by atoms with van der Waals surface area (Å²) in [6.45, 7) is 6.42. The van der Waals surface area contributed by atoms with Gasteiger partial charge in [0, 0.05) is 23.8 Å². The number of benzene rings is 2. The summed E-state index contributed by atoms with van der Waals surface area (Å²) in [5, 5.41) is 6.00. The van der Waals surface area contributed by atoms with Crippen molar-refractivity contribution in [3.63, 3.8) is 0 Å². The number of aryl methyl sites for hydroxylation is 1. The number of carbonyl (C=O) groups is 1. The van der Waals surface area contributed by atoms with E-state index in [0.29, 0.717) is 17.4 Å². The molecule has 0 bridgehead atoms. The molecule has 3 rings (SSSR count). The van der Waals surface area contributed by atoms with Crippen LogP contribution < -0.4 is 10.6 Å². The summed E-state index contributed by atoms with van der Waals surface area (Å²) in [5.74, 6) is 0.717. The molecule has 0 radical (unpaired) electrons. The van der Waals surface area contributed by atoms with Crippen LogP contribution in [-0.2, 0) is 6.42 Å². The predicted octanol–water partition coefficient (Wildman–Crippen LogP) is 5.16. The SMILES string of the molecule is CCc1ccc(NC(=O)c2cnc(Nc3ccc(C(C)C)cc3)nc2)cc1. The van der Waals surface area contributed by atoms with Crippen molar-refractivity contribution < 1.29 is 4.79 Å². The number of hydrogen-bond acceptors (Lipinski definition) is 4. The van der Waals surface area contributed by atoms with Gasteiger partial charge in [0.25, 0.3) is 5.91 Å². The minimum Gasteiger partial charge on any atom is -0.324 e. The lowest BCUT2D eigenvalue weighted by Crippen LogP contribution is -2.13. The van der Waals surface area contributed by atoms with Crippen LogP contribution in [0.1, 0.15) is 48.2 Å². The predicted molar refractivity (Wildman–Crippen MR) is 110 cm³/mol. The van der Waals surface area contributed by atoms with Crippen molar-refractivity contribution in [3.8, 4) is 0 Å². The first-order valence-corrected chi connectivity index (χ1v) is 9.14. The molecule has 1 heterocycles. The molecule has 0 aliphatic carbocycles. The zero-order valence-corrected chi connectivity index (χ0v) is 15.9. The molecule has 0 aliphatic heterocycles. The van der Waals surface area contributed by atoms with Crippen molar-refractivity contribution in [1.29, 1.82) is 0 Å². The van der Waals surface area contributed by atoms with E-state index in [-0.39, 0.29) is 5.91 Å². The summed E-state index contributed by atoms with van der Waals surface area (Å²) in [7, 11) is 0. The van der Waals surface area contributed by atoms with Gasteiger partial charge in [-0.2, -0.15) is 0 Å². The molecule has 1 aromatic heterocycles. The number of nitrogens with zero attached hydrogens (tertiary/aromatic N) is 2. The lowest BCUT2D eigenvalue weighted by Gasteiger charge is -2.09. The molecule has 0 unspecified atom stereocenters. The molecular weight excluding hydrogens is 336 g/mol. The van der Waals surface area contributed by atoms with Crippen molar-refractivity contribution in [1.82, 2.24) is 9.97 Å². The van der Waals surface area contributed by atoms with Crippen molar-refractivity contribution in [2.75, 3.05) is 10.6 Å². The number of rotatable bonds is 6. The highest BCUT2D eigenvalue weighted by Crippen LogP contribution is 2.19. The smallest absolute Gasteiger partial charge is 0.258 e. The standard InChI is InChI=1S/C22H24N4O/c1-4-16-5-9-19(10-6-16)25-21(27)18-13-23-22(24-14-18)26-20-11-7-17(8-12-20)15(2)3/h5-15H,4H2,1-3H3,(H,25,27)(H,23,24,26). The van der Waals surface area contributed by atoms with Crippen LogP contribution in [0.2, 0.25) is 0 Å². The van der Waals surface area contributed by atoms with E-state index in [1.165, 1.54) is 23.5 Å². The van der Waals surface area contributed by atoms with E-state index in [4.69, 9.17) is 0 Å². The Morgan fingerprint density at radius 3 is 2.07 bits per heavy atom. The van der Waals surface area contributed by atoms with E-state index in [2.05, 4.69) is 53.5 Å². The fraction of sp³-hybridized carbons (Fsp3) is 0.227. The molecule has 2 N–H and O–H groups in total. The van der Waals surface area contributed by atoms with Gasteiger partial charge in [0.05, 0.1) is 5.56 Å². The third kappa shape index (κ3) is 4.91. The van der Waals surface area contributed by atoms with Gasteiger partial charge in [-0.1, -0.05) is 45.0 Å². The highest BCUT2D eigenvalue weighted by Gasteiger charge is 2.08. The summed E-state index contributed by atoms with van der Waals surface area (Å²) >= 11 is 0. The summed E-state index contributed by atoms with van der Waals surface area (Å²) in [5.41, 5.74) is 4.58. The van der Waals surface area contributed by atoms with Gasteiger partial charge >= 0.3 is 0 Å². The minimum atomic E-state index is -0.230. The monoisotopic (exact) mass is 360 g/mol. The molecule has 0 atom stereocenters. The number of anilines is 3. The molecule has 138 valence electrons. The van der Waals surface area contributed by atoms with Gasteiger partial charge in [-0.15, -0.1) is 0 Å². The molecule has 0 saturated heterocycles. The van der Waals surface area contributed by atoms with Gasteiger partial charge in [-0.3, -0.25) is 4.79 Å². The van der Waals surface area contributed by atoms with Crippen molar-refractivity contribution in [3.05, 3.63) is 77.6 Å². The van der Waals surface area contributed by atoms with Crippen LogP contribution in [0.25, 0.3) is 0 Å². The number of amides is 1. The first kappa shape index (κ1) is 18.6. The van der Waals surface area contributed by atoms with E-state index in [9.17, 15) is 4.79 Å². The Hall–Kier alpha value is -3.21.